The van der Waals surface area contributed by atoms with Crippen LogP contribution in [0.25, 0.3) is 0 Å². The van der Waals surface area contributed by atoms with E-state index < -0.39 is 0 Å². The number of halogens is 1. The molecular formula is C13H24IN5. The van der Waals surface area contributed by atoms with Gasteiger partial charge < -0.3 is 10.2 Å². The van der Waals surface area contributed by atoms with Crippen molar-refractivity contribution in [3.8, 4) is 0 Å². The van der Waals surface area contributed by atoms with E-state index in [1.807, 2.05) is 30.9 Å². The van der Waals surface area contributed by atoms with Crippen LogP contribution in [0.3, 0.4) is 0 Å². The van der Waals surface area contributed by atoms with Gasteiger partial charge in [-0.2, -0.15) is 5.10 Å². The molecule has 1 aromatic rings. The summed E-state index contributed by atoms with van der Waals surface area (Å²) in [5.74, 6) is 0.903. The fourth-order valence-electron chi connectivity index (χ4n) is 1.71. The van der Waals surface area contributed by atoms with Crippen LogP contribution >= 0.6 is 24.0 Å². The van der Waals surface area contributed by atoms with Crippen molar-refractivity contribution in [3.05, 3.63) is 30.6 Å². The number of guanidine groups is 1. The van der Waals surface area contributed by atoms with E-state index in [4.69, 9.17) is 0 Å². The maximum absolute atomic E-state index is 4.27. The number of aromatic nitrogens is 2. The summed E-state index contributed by atoms with van der Waals surface area (Å²) in [5.41, 5.74) is 1.13. The predicted molar refractivity (Wildman–Crippen MR) is 90.9 cm³/mol. The summed E-state index contributed by atoms with van der Waals surface area (Å²) in [5, 5.41) is 7.47. The van der Waals surface area contributed by atoms with Crippen LogP contribution in [0.1, 0.15) is 18.5 Å². The molecule has 108 valence electrons. The highest BCUT2D eigenvalue weighted by atomic mass is 127. The largest absolute Gasteiger partial charge is 0.351 e. The Morgan fingerprint density at radius 2 is 2.37 bits per heavy atom. The Morgan fingerprint density at radius 1 is 1.63 bits per heavy atom. The van der Waals surface area contributed by atoms with Gasteiger partial charge in [0.2, 0.25) is 0 Å². The van der Waals surface area contributed by atoms with Crippen LogP contribution in [0, 0.1) is 0 Å². The molecule has 0 saturated heterocycles. The van der Waals surface area contributed by atoms with Crippen molar-refractivity contribution < 1.29 is 0 Å². The fraction of sp³-hybridized carbons (Fsp3) is 0.538. The van der Waals surface area contributed by atoms with Crippen LogP contribution in [-0.2, 0) is 13.6 Å². The fourth-order valence-corrected chi connectivity index (χ4v) is 1.71. The molecule has 0 aliphatic heterocycles. The molecule has 0 unspecified atom stereocenters. The van der Waals surface area contributed by atoms with E-state index in [-0.39, 0.29) is 24.0 Å². The molecule has 6 heteroatoms. The summed E-state index contributed by atoms with van der Waals surface area (Å²) in [6.45, 7) is 5.43. The average molecular weight is 377 g/mol. The van der Waals surface area contributed by atoms with E-state index in [0.717, 1.165) is 37.6 Å². The van der Waals surface area contributed by atoms with Crippen molar-refractivity contribution in [3.63, 3.8) is 0 Å². The molecule has 19 heavy (non-hydrogen) atoms. The van der Waals surface area contributed by atoms with Gasteiger partial charge in [0.15, 0.2) is 5.96 Å². The molecule has 0 aromatic carbocycles. The van der Waals surface area contributed by atoms with E-state index in [9.17, 15) is 0 Å². The molecule has 0 amide bonds. The Kier molecular flexibility index (Phi) is 9.28. The number of hydrogen-bond donors (Lipinski definition) is 1. The number of aliphatic imine (C=N–C) groups is 1. The monoisotopic (exact) mass is 377 g/mol. The Bertz CT molecular complexity index is 399. The number of aryl methyl sites for hydroxylation is 1. The molecule has 1 N–H and O–H groups in total. The third kappa shape index (κ3) is 6.09. The van der Waals surface area contributed by atoms with Crippen LogP contribution in [-0.4, -0.2) is 41.3 Å². The standard InChI is InChI=1S/C13H23N5.HI/c1-5-6-7-10-17(3)13(14-2)15-11-12-8-9-16-18(12)4;/h5,8-9H,1,6-7,10-11H2,2-4H3,(H,14,15);1H. The van der Waals surface area contributed by atoms with Gasteiger partial charge in [0.1, 0.15) is 0 Å². The maximum Gasteiger partial charge on any atom is 0.193 e. The summed E-state index contributed by atoms with van der Waals surface area (Å²) in [4.78, 5) is 6.40. The van der Waals surface area contributed by atoms with Crippen molar-refractivity contribution in [2.75, 3.05) is 20.6 Å². The summed E-state index contributed by atoms with van der Waals surface area (Å²) in [6.07, 6.45) is 5.86. The first-order chi connectivity index (χ1) is 8.69. The number of nitrogens with one attached hydrogen (secondary N) is 1. The molecule has 1 aromatic heterocycles. The molecule has 0 aliphatic rings. The van der Waals surface area contributed by atoms with Crippen molar-refractivity contribution >= 4 is 29.9 Å². The van der Waals surface area contributed by atoms with Gasteiger partial charge in [0.25, 0.3) is 0 Å². The second kappa shape index (κ2) is 9.82. The normalized spacial score (nSPS) is 10.8. The number of hydrogen-bond acceptors (Lipinski definition) is 2. The smallest absolute Gasteiger partial charge is 0.193 e. The van der Waals surface area contributed by atoms with E-state index >= 15 is 0 Å². The van der Waals surface area contributed by atoms with Gasteiger partial charge in [0, 0.05) is 33.9 Å². The molecule has 0 radical (unpaired) electrons. The first kappa shape index (κ1) is 17.9. The van der Waals surface area contributed by atoms with E-state index in [1.54, 1.807) is 13.2 Å². The van der Waals surface area contributed by atoms with Gasteiger partial charge in [-0.05, 0) is 18.9 Å². The van der Waals surface area contributed by atoms with Crippen molar-refractivity contribution in [1.82, 2.24) is 20.0 Å². The molecule has 0 atom stereocenters. The molecule has 1 heterocycles. The lowest BCUT2D eigenvalue weighted by atomic mass is 10.3. The highest BCUT2D eigenvalue weighted by Crippen LogP contribution is 1.98. The van der Waals surface area contributed by atoms with Crippen molar-refractivity contribution in [2.45, 2.75) is 19.4 Å². The lowest BCUT2D eigenvalue weighted by Crippen LogP contribution is -2.39. The minimum absolute atomic E-state index is 0. The Morgan fingerprint density at radius 3 is 2.89 bits per heavy atom. The number of rotatable bonds is 6. The highest BCUT2D eigenvalue weighted by molar-refractivity contribution is 14.0. The topological polar surface area (TPSA) is 45.4 Å². The predicted octanol–water partition coefficient (Wildman–Crippen LogP) is 2.01. The molecule has 5 nitrogen and oxygen atoms in total. The molecule has 0 saturated carbocycles. The van der Waals surface area contributed by atoms with E-state index in [1.165, 1.54) is 0 Å². The third-order valence-electron chi connectivity index (χ3n) is 2.83. The molecule has 0 bridgehead atoms. The molecule has 1 rings (SSSR count). The van der Waals surface area contributed by atoms with Gasteiger partial charge in [-0.1, -0.05) is 6.08 Å². The summed E-state index contributed by atoms with van der Waals surface area (Å²) < 4.78 is 1.86. The van der Waals surface area contributed by atoms with Crippen molar-refractivity contribution in [1.29, 1.82) is 0 Å². The van der Waals surface area contributed by atoms with Crippen molar-refractivity contribution in [2.24, 2.45) is 12.0 Å². The molecule has 0 aliphatic carbocycles. The lowest BCUT2D eigenvalue weighted by molar-refractivity contribution is 0.468. The summed E-state index contributed by atoms with van der Waals surface area (Å²) in [6, 6.07) is 2.00. The zero-order chi connectivity index (χ0) is 13.4. The van der Waals surface area contributed by atoms with Crippen LogP contribution in [0.15, 0.2) is 29.9 Å². The second-order valence-corrected chi connectivity index (χ2v) is 4.20. The Balaban J connectivity index is 0.00000324. The average Bonchev–Trinajstić information content (AvgIpc) is 2.76. The van der Waals surface area contributed by atoms with Gasteiger partial charge in [-0.15, -0.1) is 30.6 Å². The maximum atomic E-state index is 4.27. The number of allylic oxidation sites excluding steroid dienone is 1. The van der Waals surface area contributed by atoms with Gasteiger partial charge in [0.05, 0.1) is 12.2 Å². The minimum atomic E-state index is 0. The SMILES string of the molecule is C=CCCCN(C)C(=NC)NCc1ccnn1C.I. The second-order valence-electron chi connectivity index (χ2n) is 4.20. The first-order valence-corrected chi connectivity index (χ1v) is 6.18. The first-order valence-electron chi connectivity index (χ1n) is 6.18. The number of nitrogens with zero attached hydrogens (tertiary/aromatic N) is 4. The van der Waals surface area contributed by atoms with Crippen LogP contribution in [0.5, 0.6) is 0 Å². The Hall–Kier alpha value is -1.05. The van der Waals surface area contributed by atoms with E-state index in [2.05, 4.69) is 26.9 Å². The summed E-state index contributed by atoms with van der Waals surface area (Å²) >= 11 is 0. The van der Waals surface area contributed by atoms with Crippen LogP contribution < -0.4 is 5.32 Å². The molecular weight excluding hydrogens is 353 g/mol. The van der Waals surface area contributed by atoms with Gasteiger partial charge in [-0.25, -0.2) is 0 Å². The number of unbranched alkanes of at least 4 members (excludes halogenated alkanes) is 1. The van der Waals surface area contributed by atoms with E-state index in [0.29, 0.717) is 0 Å². The molecule has 0 fully saturated rings. The quantitative estimate of drug-likeness (QED) is 0.271. The lowest BCUT2D eigenvalue weighted by Gasteiger charge is -2.21. The zero-order valence-electron chi connectivity index (χ0n) is 12.0. The Labute approximate surface area is 132 Å². The van der Waals surface area contributed by atoms with Crippen LogP contribution in [0.2, 0.25) is 0 Å². The third-order valence-corrected chi connectivity index (χ3v) is 2.83. The zero-order valence-corrected chi connectivity index (χ0v) is 14.3. The van der Waals surface area contributed by atoms with Gasteiger partial charge >= 0.3 is 0 Å². The summed E-state index contributed by atoms with van der Waals surface area (Å²) in [7, 11) is 5.78. The van der Waals surface area contributed by atoms with Gasteiger partial charge in [-0.3, -0.25) is 9.67 Å². The highest BCUT2D eigenvalue weighted by Gasteiger charge is 2.06. The molecule has 0 spiro atoms. The van der Waals surface area contributed by atoms with Crippen LogP contribution in [0.4, 0.5) is 0 Å². The minimum Gasteiger partial charge on any atom is -0.351 e.